The molecule has 0 atom stereocenters. The van der Waals surface area contributed by atoms with Crippen LogP contribution in [0.4, 0.5) is 5.69 Å². The molecule has 0 bridgehead atoms. The Labute approximate surface area is 171 Å². The van der Waals surface area contributed by atoms with Crippen molar-refractivity contribution in [2.75, 3.05) is 5.32 Å². The minimum atomic E-state index is -0.270. The third-order valence-electron chi connectivity index (χ3n) is 4.76. The van der Waals surface area contributed by atoms with Gasteiger partial charge in [-0.1, -0.05) is 54.1 Å². The van der Waals surface area contributed by atoms with E-state index in [1.165, 1.54) is 0 Å². The number of rotatable bonds is 3. The van der Waals surface area contributed by atoms with Crippen molar-refractivity contribution in [3.63, 3.8) is 0 Å². The quantitative estimate of drug-likeness (QED) is 0.374. The molecule has 1 N–H and O–H groups in total. The number of hydrogen-bond acceptors (Lipinski definition) is 3. The van der Waals surface area contributed by atoms with Gasteiger partial charge in [0.1, 0.15) is 5.52 Å². The van der Waals surface area contributed by atoms with Crippen LogP contribution >= 0.6 is 11.6 Å². The number of halogens is 1. The molecule has 0 aliphatic heterocycles. The molecule has 29 heavy (non-hydrogen) atoms. The van der Waals surface area contributed by atoms with Crippen LogP contribution in [0, 0.1) is 0 Å². The Morgan fingerprint density at radius 1 is 0.862 bits per heavy atom. The Hall–Kier alpha value is -3.63. The Bertz CT molecular complexity index is 1370. The Morgan fingerprint density at radius 3 is 2.52 bits per heavy atom. The van der Waals surface area contributed by atoms with Crippen LogP contribution in [0.2, 0.25) is 5.02 Å². The molecule has 0 unspecified atom stereocenters. The average Bonchev–Trinajstić information content (AvgIpc) is 3.17. The first kappa shape index (κ1) is 17.5. The topological polar surface area (TPSA) is 55.1 Å². The van der Waals surface area contributed by atoms with Crippen LogP contribution in [-0.2, 0) is 0 Å². The van der Waals surface area contributed by atoms with E-state index in [1.54, 1.807) is 42.5 Å². The van der Waals surface area contributed by atoms with Gasteiger partial charge in [-0.05, 0) is 53.2 Å². The average molecular weight is 399 g/mol. The number of hydrogen-bond donors (Lipinski definition) is 1. The van der Waals surface area contributed by atoms with Crippen molar-refractivity contribution in [2.45, 2.75) is 0 Å². The summed E-state index contributed by atoms with van der Waals surface area (Å²) in [4.78, 5) is 17.1. The zero-order valence-corrected chi connectivity index (χ0v) is 16.0. The van der Waals surface area contributed by atoms with E-state index >= 15 is 0 Å². The molecule has 0 spiro atoms. The summed E-state index contributed by atoms with van der Waals surface area (Å²) in [5.74, 6) is 0.272. The Balaban J connectivity index is 1.46. The second-order valence-corrected chi connectivity index (χ2v) is 7.10. The number of fused-ring (bicyclic) bond motifs is 2. The van der Waals surface area contributed by atoms with Gasteiger partial charge in [-0.15, -0.1) is 0 Å². The van der Waals surface area contributed by atoms with Gasteiger partial charge in [-0.3, -0.25) is 4.79 Å². The molecule has 0 saturated heterocycles. The highest BCUT2D eigenvalue weighted by molar-refractivity contribution is 6.34. The van der Waals surface area contributed by atoms with Crippen molar-refractivity contribution in [1.29, 1.82) is 0 Å². The maximum atomic E-state index is 12.5. The first-order chi connectivity index (χ1) is 14.2. The van der Waals surface area contributed by atoms with E-state index < -0.39 is 0 Å². The lowest BCUT2D eigenvalue weighted by Gasteiger charge is -2.06. The van der Waals surface area contributed by atoms with Gasteiger partial charge in [0, 0.05) is 11.3 Å². The zero-order chi connectivity index (χ0) is 19.8. The third kappa shape index (κ3) is 3.35. The van der Waals surface area contributed by atoms with Crippen LogP contribution in [-0.4, -0.2) is 10.9 Å². The van der Waals surface area contributed by atoms with E-state index in [0.717, 1.165) is 16.3 Å². The summed E-state index contributed by atoms with van der Waals surface area (Å²) in [6.45, 7) is 0. The van der Waals surface area contributed by atoms with Crippen LogP contribution in [0.15, 0.2) is 89.3 Å². The lowest BCUT2D eigenvalue weighted by atomic mass is 10.1. The molecule has 4 nitrogen and oxygen atoms in total. The molecule has 4 aromatic carbocycles. The number of amides is 1. The highest BCUT2D eigenvalue weighted by atomic mass is 35.5. The molecule has 5 aromatic rings. The highest BCUT2D eigenvalue weighted by Crippen LogP contribution is 2.29. The minimum Gasteiger partial charge on any atom is -0.436 e. The third-order valence-corrected chi connectivity index (χ3v) is 5.09. The van der Waals surface area contributed by atoms with E-state index in [2.05, 4.69) is 34.6 Å². The fourth-order valence-electron chi connectivity index (χ4n) is 3.29. The van der Waals surface area contributed by atoms with Gasteiger partial charge in [0.15, 0.2) is 5.58 Å². The van der Waals surface area contributed by atoms with E-state index in [-0.39, 0.29) is 5.91 Å². The number of aromatic nitrogens is 1. The summed E-state index contributed by atoms with van der Waals surface area (Å²) in [6, 6.07) is 26.6. The van der Waals surface area contributed by atoms with Gasteiger partial charge < -0.3 is 9.73 Å². The predicted molar refractivity (Wildman–Crippen MR) is 116 cm³/mol. The number of carbonyl (C=O) groups excluding carboxylic acids is 1. The maximum absolute atomic E-state index is 12.5. The fourth-order valence-corrected chi connectivity index (χ4v) is 3.52. The molecule has 0 aliphatic rings. The SMILES string of the molecule is O=C(Nc1ccc2oc(-c3ccc4ccccc4c3)nc2c1)c1ccccc1Cl. The van der Waals surface area contributed by atoms with Crippen molar-refractivity contribution < 1.29 is 9.21 Å². The molecule has 1 aromatic heterocycles. The molecule has 140 valence electrons. The first-order valence-electron chi connectivity index (χ1n) is 9.13. The number of carbonyl (C=O) groups is 1. The summed E-state index contributed by atoms with van der Waals surface area (Å²) in [5, 5.41) is 5.56. The summed E-state index contributed by atoms with van der Waals surface area (Å²) >= 11 is 6.10. The van der Waals surface area contributed by atoms with Crippen molar-refractivity contribution in [3.05, 3.63) is 95.5 Å². The molecule has 1 heterocycles. The zero-order valence-electron chi connectivity index (χ0n) is 15.2. The van der Waals surface area contributed by atoms with Crippen molar-refractivity contribution in [3.8, 4) is 11.5 Å². The number of nitrogens with zero attached hydrogens (tertiary/aromatic N) is 1. The number of anilines is 1. The largest absolute Gasteiger partial charge is 0.436 e. The standard InChI is InChI=1S/C24H15ClN2O2/c25-20-8-4-3-7-19(20)23(28)26-18-11-12-22-21(14-18)27-24(29-22)17-10-9-15-5-1-2-6-16(15)13-17/h1-14H,(H,26,28). The smallest absolute Gasteiger partial charge is 0.257 e. The van der Waals surface area contributed by atoms with Gasteiger partial charge in [0.25, 0.3) is 5.91 Å². The normalized spacial score (nSPS) is 11.1. The molecule has 5 heteroatoms. The predicted octanol–water partition coefficient (Wildman–Crippen LogP) is 6.55. The lowest BCUT2D eigenvalue weighted by molar-refractivity contribution is 0.102. The van der Waals surface area contributed by atoms with Gasteiger partial charge in [-0.2, -0.15) is 0 Å². The number of nitrogens with one attached hydrogen (secondary N) is 1. The van der Waals surface area contributed by atoms with Gasteiger partial charge in [0.05, 0.1) is 10.6 Å². The van der Waals surface area contributed by atoms with Crippen LogP contribution in [0.25, 0.3) is 33.3 Å². The molecular formula is C24H15ClN2O2. The summed E-state index contributed by atoms with van der Waals surface area (Å²) in [7, 11) is 0. The maximum Gasteiger partial charge on any atom is 0.257 e. The Morgan fingerprint density at radius 2 is 1.66 bits per heavy atom. The monoisotopic (exact) mass is 398 g/mol. The first-order valence-corrected chi connectivity index (χ1v) is 9.51. The summed E-state index contributed by atoms with van der Waals surface area (Å²) in [5.41, 5.74) is 3.28. The van der Waals surface area contributed by atoms with Crippen LogP contribution in [0.3, 0.4) is 0 Å². The van der Waals surface area contributed by atoms with E-state index in [1.807, 2.05) is 18.2 Å². The van der Waals surface area contributed by atoms with Crippen molar-refractivity contribution in [1.82, 2.24) is 4.98 Å². The molecule has 0 aliphatic carbocycles. The summed E-state index contributed by atoms with van der Waals surface area (Å²) < 4.78 is 5.92. The van der Waals surface area contributed by atoms with E-state index in [4.69, 9.17) is 16.0 Å². The molecule has 5 rings (SSSR count). The highest BCUT2D eigenvalue weighted by Gasteiger charge is 2.13. The second-order valence-electron chi connectivity index (χ2n) is 6.70. The van der Waals surface area contributed by atoms with E-state index in [0.29, 0.717) is 33.3 Å². The molecular weight excluding hydrogens is 384 g/mol. The molecule has 0 radical (unpaired) electrons. The number of oxazole rings is 1. The molecule has 1 amide bonds. The van der Waals surface area contributed by atoms with Gasteiger partial charge >= 0.3 is 0 Å². The minimum absolute atomic E-state index is 0.270. The summed E-state index contributed by atoms with van der Waals surface area (Å²) in [6.07, 6.45) is 0. The fraction of sp³-hybridized carbons (Fsp3) is 0. The van der Waals surface area contributed by atoms with E-state index in [9.17, 15) is 4.79 Å². The molecule has 0 fully saturated rings. The van der Waals surface area contributed by atoms with Crippen LogP contribution < -0.4 is 5.32 Å². The second kappa shape index (κ2) is 7.08. The van der Waals surface area contributed by atoms with Crippen LogP contribution in [0.1, 0.15) is 10.4 Å². The number of benzene rings is 4. The van der Waals surface area contributed by atoms with Gasteiger partial charge in [0.2, 0.25) is 5.89 Å². The molecule has 0 saturated carbocycles. The van der Waals surface area contributed by atoms with Crippen LogP contribution in [0.5, 0.6) is 0 Å². The Kier molecular flexibility index (Phi) is 4.26. The lowest BCUT2D eigenvalue weighted by Crippen LogP contribution is -2.12. The van der Waals surface area contributed by atoms with Crippen molar-refractivity contribution >= 4 is 45.1 Å². The van der Waals surface area contributed by atoms with Crippen molar-refractivity contribution in [2.24, 2.45) is 0 Å². The van der Waals surface area contributed by atoms with Gasteiger partial charge in [-0.25, -0.2) is 4.98 Å².